The first-order valence-corrected chi connectivity index (χ1v) is 10.7. The molecule has 5 heterocycles. The van der Waals surface area contributed by atoms with Gasteiger partial charge in [-0.05, 0) is 33.6 Å². The molecule has 2 aliphatic rings. The molecule has 162 valence electrons. The van der Waals surface area contributed by atoms with Crippen LogP contribution in [0.25, 0.3) is 5.65 Å². The Morgan fingerprint density at radius 2 is 2.16 bits per heavy atom. The standard InChI is InChI=1S/C21H26N8O2/c1-4-31-20-16(9-23-21(27-20)29-6-5-14-7-15(29)8-22-14)19(30)26-17-11-28-10-12(2)24-18(28)13(3)25-17/h9-11,14-15,22H,4-8H2,1-3H3,(H,26,30). The Hall–Kier alpha value is -3.27. The summed E-state index contributed by atoms with van der Waals surface area (Å²) in [5.41, 5.74) is 2.67. The van der Waals surface area contributed by atoms with Crippen LogP contribution in [-0.4, -0.2) is 62.0 Å². The predicted octanol–water partition coefficient (Wildman–Crippen LogP) is 1.73. The van der Waals surface area contributed by atoms with Crippen molar-refractivity contribution in [2.24, 2.45) is 0 Å². The summed E-state index contributed by atoms with van der Waals surface area (Å²) in [6, 6.07) is 0.968. The molecule has 2 bridgehead atoms. The van der Waals surface area contributed by atoms with E-state index in [9.17, 15) is 4.79 Å². The van der Waals surface area contributed by atoms with Crippen LogP contribution in [0.2, 0.25) is 0 Å². The van der Waals surface area contributed by atoms with Gasteiger partial charge in [0.15, 0.2) is 5.65 Å². The number of rotatable bonds is 5. The fourth-order valence-corrected chi connectivity index (χ4v) is 4.41. The van der Waals surface area contributed by atoms with Crippen LogP contribution in [0.4, 0.5) is 11.8 Å². The summed E-state index contributed by atoms with van der Waals surface area (Å²) in [7, 11) is 0. The molecule has 5 rings (SSSR count). The molecule has 1 amide bonds. The lowest BCUT2D eigenvalue weighted by atomic mass is 10.0. The van der Waals surface area contributed by atoms with Crippen molar-refractivity contribution in [2.45, 2.75) is 45.7 Å². The average molecular weight is 422 g/mol. The molecule has 2 atom stereocenters. The summed E-state index contributed by atoms with van der Waals surface area (Å²) in [6.07, 6.45) is 7.34. The molecule has 0 radical (unpaired) electrons. The number of aryl methyl sites for hydroxylation is 2. The second-order valence-corrected chi connectivity index (χ2v) is 8.08. The Morgan fingerprint density at radius 3 is 3.00 bits per heavy atom. The number of amides is 1. The molecule has 3 aromatic heterocycles. The molecule has 10 nitrogen and oxygen atoms in total. The number of carbonyl (C=O) groups is 1. The van der Waals surface area contributed by atoms with Gasteiger partial charge in [0.05, 0.1) is 24.2 Å². The van der Waals surface area contributed by atoms with Gasteiger partial charge in [-0.2, -0.15) is 4.98 Å². The smallest absolute Gasteiger partial charge is 0.263 e. The largest absolute Gasteiger partial charge is 0.477 e. The third kappa shape index (κ3) is 3.67. The van der Waals surface area contributed by atoms with Crippen LogP contribution >= 0.6 is 0 Å². The summed E-state index contributed by atoms with van der Waals surface area (Å²) < 4.78 is 7.57. The molecular weight excluding hydrogens is 396 g/mol. The number of imidazole rings is 1. The minimum atomic E-state index is -0.362. The third-order valence-corrected chi connectivity index (χ3v) is 5.85. The minimum Gasteiger partial charge on any atom is -0.477 e. The summed E-state index contributed by atoms with van der Waals surface area (Å²) in [6.45, 7) is 7.88. The van der Waals surface area contributed by atoms with Crippen molar-refractivity contribution in [1.29, 1.82) is 0 Å². The zero-order valence-corrected chi connectivity index (χ0v) is 17.9. The SMILES string of the molecule is CCOc1nc(N2CCC3CC2CN3)ncc1C(=O)Nc1cn2cc(C)nc2c(C)n1. The second kappa shape index (κ2) is 7.77. The molecule has 10 heteroatoms. The molecule has 0 aromatic carbocycles. The van der Waals surface area contributed by atoms with Crippen LogP contribution in [0, 0.1) is 13.8 Å². The molecule has 0 saturated carbocycles. The summed E-state index contributed by atoms with van der Waals surface area (Å²) in [5, 5.41) is 6.37. The monoisotopic (exact) mass is 422 g/mol. The first-order valence-electron chi connectivity index (χ1n) is 10.7. The van der Waals surface area contributed by atoms with Crippen LogP contribution < -0.4 is 20.3 Å². The fraction of sp³-hybridized carbons (Fsp3) is 0.476. The number of aromatic nitrogens is 5. The van der Waals surface area contributed by atoms with Crippen LogP contribution in [0.15, 0.2) is 18.6 Å². The number of hydrogen-bond donors (Lipinski definition) is 2. The predicted molar refractivity (Wildman–Crippen MR) is 116 cm³/mol. The van der Waals surface area contributed by atoms with Gasteiger partial charge in [0, 0.05) is 37.6 Å². The van der Waals surface area contributed by atoms with Gasteiger partial charge in [0.1, 0.15) is 11.4 Å². The maximum absolute atomic E-state index is 13.0. The number of nitrogens with zero attached hydrogens (tertiary/aromatic N) is 6. The Labute approximate surface area is 180 Å². The number of anilines is 2. The maximum Gasteiger partial charge on any atom is 0.263 e. The first kappa shape index (κ1) is 19.7. The number of hydrogen-bond acceptors (Lipinski definition) is 8. The fourth-order valence-electron chi connectivity index (χ4n) is 4.41. The van der Waals surface area contributed by atoms with Crippen molar-refractivity contribution in [3.05, 3.63) is 35.5 Å². The van der Waals surface area contributed by atoms with Crippen molar-refractivity contribution in [3.63, 3.8) is 0 Å². The van der Waals surface area contributed by atoms with E-state index in [0.29, 0.717) is 30.5 Å². The number of nitrogens with one attached hydrogen (secondary N) is 2. The number of carbonyl (C=O) groups excluding carboxylic acids is 1. The summed E-state index contributed by atoms with van der Waals surface area (Å²) in [4.78, 5) is 33.2. The lowest BCUT2D eigenvalue weighted by Crippen LogP contribution is -2.41. The maximum atomic E-state index is 13.0. The van der Waals surface area contributed by atoms with Crippen LogP contribution in [-0.2, 0) is 0 Å². The lowest BCUT2D eigenvalue weighted by molar-refractivity contribution is 0.102. The van der Waals surface area contributed by atoms with Gasteiger partial charge in [-0.1, -0.05) is 0 Å². The van der Waals surface area contributed by atoms with E-state index >= 15 is 0 Å². The van der Waals surface area contributed by atoms with E-state index in [0.717, 1.165) is 43.0 Å². The number of fused-ring (bicyclic) bond motifs is 3. The minimum absolute atomic E-state index is 0.284. The highest BCUT2D eigenvalue weighted by Crippen LogP contribution is 2.28. The zero-order valence-electron chi connectivity index (χ0n) is 17.9. The van der Waals surface area contributed by atoms with Crippen molar-refractivity contribution < 1.29 is 9.53 Å². The lowest BCUT2D eigenvalue weighted by Gasteiger charge is -2.32. The average Bonchev–Trinajstić information content (AvgIpc) is 3.30. The van der Waals surface area contributed by atoms with Gasteiger partial charge in [0.25, 0.3) is 5.91 Å². The van der Waals surface area contributed by atoms with Crippen molar-refractivity contribution in [3.8, 4) is 5.88 Å². The number of ether oxygens (including phenoxy) is 1. The Balaban J connectivity index is 1.41. The van der Waals surface area contributed by atoms with E-state index in [1.807, 2.05) is 31.4 Å². The van der Waals surface area contributed by atoms with Crippen LogP contribution in [0.3, 0.4) is 0 Å². The highest BCUT2D eigenvalue weighted by atomic mass is 16.5. The van der Waals surface area contributed by atoms with Gasteiger partial charge in [0.2, 0.25) is 11.8 Å². The molecular formula is C21H26N8O2. The Kier molecular flexibility index (Phi) is 4.93. The van der Waals surface area contributed by atoms with E-state index in [2.05, 4.69) is 35.5 Å². The third-order valence-electron chi connectivity index (χ3n) is 5.85. The molecule has 0 aliphatic carbocycles. The molecule has 2 fully saturated rings. The van der Waals surface area contributed by atoms with Crippen molar-refractivity contribution in [2.75, 3.05) is 29.9 Å². The summed E-state index contributed by atoms with van der Waals surface area (Å²) in [5.74, 6) is 0.961. The van der Waals surface area contributed by atoms with E-state index in [4.69, 9.17) is 4.74 Å². The van der Waals surface area contributed by atoms with Gasteiger partial charge in [-0.25, -0.2) is 15.0 Å². The van der Waals surface area contributed by atoms with Gasteiger partial charge >= 0.3 is 0 Å². The van der Waals surface area contributed by atoms with Gasteiger partial charge < -0.3 is 24.7 Å². The van der Waals surface area contributed by atoms with E-state index in [-0.39, 0.29) is 17.4 Å². The molecule has 3 aromatic rings. The van der Waals surface area contributed by atoms with Crippen LogP contribution in [0.1, 0.15) is 41.5 Å². The zero-order chi connectivity index (χ0) is 21.5. The molecule has 2 saturated heterocycles. The Morgan fingerprint density at radius 1 is 1.29 bits per heavy atom. The Bertz CT molecular complexity index is 1140. The van der Waals surface area contributed by atoms with Crippen LogP contribution in [0.5, 0.6) is 5.88 Å². The first-order chi connectivity index (χ1) is 15.0. The molecule has 31 heavy (non-hydrogen) atoms. The molecule has 2 unspecified atom stereocenters. The van der Waals surface area contributed by atoms with Gasteiger partial charge in [-0.15, -0.1) is 0 Å². The highest BCUT2D eigenvalue weighted by Gasteiger charge is 2.35. The highest BCUT2D eigenvalue weighted by molar-refractivity contribution is 6.05. The van der Waals surface area contributed by atoms with Crippen molar-refractivity contribution >= 4 is 23.3 Å². The normalized spacial score (nSPS) is 20.3. The van der Waals surface area contributed by atoms with E-state index < -0.39 is 0 Å². The topological polar surface area (TPSA) is 110 Å². The van der Waals surface area contributed by atoms with E-state index in [1.165, 1.54) is 0 Å². The second-order valence-electron chi connectivity index (χ2n) is 8.08. The van der Waals surface area contributed by atoms with E-state index in [1.54, 1.807) is 12.4 Å². The molecule has 2 aliphatic heterocycles. The van der Waals surface area contributed by atoms with Gasteiger partial charge in [-0.3, -0.25) is 4.79 Å². The molecule has 2 N–H and O–H groups in total. The quantitative estimate of drug-likeness (QED) is 0.640. The molecule has 0 spiro atoms. The van der Waals surface area contributed by atoms with Crippen molar-refractivity contribution in [1.82, 2.24) is 29.7 Å². The summed E-state index contributed by atoms with van der Waals surface area (Å²) >= 11 is 0. The number of piperidine rings is 1.